The third kappa shape index (κ3) is 5.31. The number of amides is 2. The number of hydrogen-bond donors (Lipinski definition) is 1. The molecule has 1 aromatic rings. The molecule has 1 aromatic carbocycles. The highest BCUT2D eigenvalue weighted by atomic mass is 16.2. The van der Waals surface area contributed by atoms with Crippen LogP contribution in [0.1, 0.15) is 55.8 Å². The molecule has 3 rings (SSSR count). The molecule has 5 heteroatoms. The van der Waals surface area contributed by atoms with Crippen molar-refractivity contribution in [3.05, 3.63) is 29.8 Å². The van der Waals surface area contributed by atoms with Gasteiger partial charge in [0.15, 0.2) is 0 Å². The molecule has 0 radical (unpaired) electrons. The zero-order chi connectivity index (χ0) is 18.4. The van der Waals surface area contributed by atoms with Gasteiger partial charge in [-0.25, -0.2) is 0 Å². The van der Waals surface area contributed by atoms with E-state index < -0.39 is 0 Å². The van der Waals surface area contributed by atoms with E-state index in [0.717, 1.165) is 50.6 Å². The van der Waals surface area contributed by atoms with Gasteiger partial charge in [-0.2, -0.15) is 0 Å². The van der Waals surface area contributed by atoms with E-state index in [9.17, 15) is 9.59 Å². The molecule has 0 spiro atoms. The maximum Gasteiger partial charge on any atom is 0.253 e. The lowest BCUT2D eigenvalue weighted by molar-refractivity contribution is -0.117. The highest BCUT2D eigenvalue weighted by Gasteiger charge is 2.19. The van der Waals surface area contributed by atoms with E-state index in [0.29, 0.717) is 12.1 Å². The number of hydrogen-bond acceptors (Lipinski definition) is 3. The fourth-order valence-electron chi connectivity index (χ4n) is 3.78. The van der Waals surface area contributed by atoms with Gasteiger partial charge in [-0.05, 0) is 69.0 Å². The second-order valence-corrected chi connectivity index (χ2v) is 7.79. The van der Waals surface area contributed by atoms with Crippen molar-refractivity contribution in [1.82, 2.24) is 9.80 Å². The smallest absolute Gasteiger partial charge is 0.253 e. The maximum absolute atomic E-state index is 12.6. The molecule has 0 unspecified atom stereocenters. The van der Waals surface area contributed by atoms with Crippen LogP contribution in [-0.4, -0.2) is 54.3 Å². The van der Waals surface area contributed by atoms with Crippen LogP contribution >= 0.6 is 0 Å². The number of benzene rings is 1. The fourth-order valence-corrected chi connectivity index (χ4v) is 3.78. The van der Waals surface area contributed by atoms with Crippen LogP contribution in [0, 0.1) is 5.92 Å². The Morgan fingerprint density at radius 1 is 0.962 bits per heavy atom. The minimum absolute atomic E-state index is 0.0196. The minimum atomic E-state index is 0.0196. The van der Waals surface area contributed by atoms with Crippen molar-refractivity contribution >= 4 is 17.5 Å². The second-order valence-electron chi connectivity index (χ2n) is 7.79. The Kier molecular flexibility index (Phi) is 6.67. The fraction of sp³-hybridized carbons (Fsp3) is 0.619. The Labute approximate surface area is 156 Å². The predicted molar refractivity (Wildman–Crippen MR) is 104 cm³/mol. The number of carbonyl (C=O) groups excluding carboxylic acids is 2. The van der Waals surface area contributed by atoms with Crippen LogP contribution in [0.15, 0.2) is 24.3 Å². The van der Waals surface area contributed by atoms with Crippen LogP contribution in [0.4, 0.5) is 5.69 Å². The van der Waals surface area contributed by atoms with E-state index in [1.54, 1.807) is 0 Å². The van der Waals surface area contributed by atoms with Gasteiger partial charge in [0.05, 0.1) is 6.54 Å². The lowest BCUT2D eigenvalue weighted by Crippen LogP contribution is -2.38. The van der Waals surface area contributed by atoms with Crippen LogP contribution in [0.3, 0.4) is 0 Å². The third-order valence-corrected chi connectivity index (χ3v) is 5.55. The van der Waals surface area contributed by atoms with Crippen molar-refractivity contribution in [3.8, 4) is 0 Å². The first kappa shape index (κ1) is 18.9. The Morgan fingerprint density at radius 3 is 2.19 bits per heavy atom. The maximum atomic E-state index is 12.6. The van der Waals surface area contributed by atoms with Crippen LogP contribution in [-0.2, 0) is 4.79 Å². The molecule has 0 bridgehead atoms. The van der Waals surface area contributed by atoms with Crippen LogP contribution < -0.4 is 5.32 Å². The van der Waals surface area contributed by atoms with Crippen LogP contribution in [0.5, 0.6) is 0 Å². The van der Waals surface area contributed by atoms with Crippen molar-refractivity contribution in [2.24, 2.45) is 5.92 Å². The second kappa shape index (κ2) is 9.17. The molecule has 2 aliphatic heterocycles. The predicted octanol–water partition coefficient (Wildman–Crippen LogP) is 3.37. The normalized spacial score (nSPS) is 19.8. The highest BCUT2D eigenvalue weighted by Crippen LogP contribution is 2.17. The van der Waals surface area contributed by atoms with Crippen molar-refractivity contribution in [2.45, 2.75) is 45.4 Å². The Hall–Kier alpha value is -1.88. The lowest BCUT2D eigenvalue weighted by atomic mass is 9.99. The summed E-state index contributed by atoms with van der Waals surface area (Å²) in [7, 11) is 0. The summed E-state index contributed by atoms with van der Waals surface area (Å²) in [6, 6.07) is 7.32. The molecular formula is C21H31N3O2. The van der Waals surface area contributed by atoms with Gasteiger partial charge in [0.2, 0.25) is 5.91 Å². The van der Waals surface area contributed by atoms with Gasteiger partial charge in [0.1, 0.15) is 0 Å². The van der Waals surface area contributed by atoms with Crippen molar-refractivity contribution < 1.29 is 9.59 Å². The van der Waals surface area contributed by atoms with E-state index in [2.05, 4.69) is 17.1 Å². The molecule has 0 aromatic heterocycles. The molecule has 2 heterocycles. The van der Waals surface area contributed by atoms with Gasteiger partial charge in [-0.15, -0.1) is 0 Å². The highest BCUT2D eigenvalue weighted by molar-refractivity contribution is 5.96. The van der Waals surface area contributed by atoms with E-state index in [4.69, 9.17) is 0 Å². The van der Waals surface area contributed by atoms with Crippen molar-refractivity contribution in [1.29, 1.82) is 0 Å². The van der Waals surface area contributed by atoms with Gasteiger partial charge < -0.3 is 10.2 Å². The monoisotopic (exact) mass is 357 g/mol. The molecule has 1 N–H and O–H groups in total. The average Bonchev–Trinajstić information content (AvgIpc) is 2.93. The first-order valence-corrected chi connectivity index (χ1v) is 10.0. The summed E-state index contributed by atoms with van der Waals surface area (Å²) in [6.45, 7) is 6.42. The summed E-state index contributed by atoms with van der Waals surface area (Å²) in [5.41, 5.74) is 1.46. The van der Waals surface area contributed by atoms with Gasteiger partial charge in [-0.3, -0.25) is 14.5 Å². The molecule has 0 atom stereocenters. The Balaban J connectivity index is 1.50. The van der Waals surface area contributed by atoms with E-state index >= 15 is 0 Å². The summed E-state index contributed by atoms with van der Waals surface area (Å²) >= 11 is 0. The number of piperidine rings is 1. The number of anilines is 1. The molecule has 2 amide bonds. The number of nitrogens with zero attached hydrogens (tertiary/aromatic N) is 2. The number of rotatable bonds is 4. The van der Waals surface area contributed by atoms with E-state index in [1.807, 2.05) is 29.2 Å². The SMILES string of the molecule is CC1CCN(CC(=O)Nc2ccc(C(=O)N3CCCCCC3)cc2)CC1. The van der Waals surface area contributed by atoms with Crippen LogP contribution in [0.2, 0.25) is 0 Å². The standard InChI is InChI=1S/C21H31N3O2/c1-17-10-14-23(15-11-17)16-20(25)22-19-8-6-18(7-9-19)21(26)24-12-4-2-3-5-13-24/h6-9,17H,2-5,10-16H2,1H3,(H,22,25). The van der Waals surface area contributed by atoms with Gasteiger partial charge in [0.25, 0.3) is 5.91 Å². The minimum Gasteiger partial charge on any atom is -0.339 e. The molecule has 0 aliphatic carbocycles. The number of nitrogens with one attached hydrogen (secondary N) is 1. The number of likely N-dealkylation sites (tertiary alicyclic amines) is 2. The largest absolute Gasteiger partial charge is 0.339 e. The van der Waals surface area contributed by atoms with E-state index in [1.165, 1.54) is 25.7 Å². The molecule has 2 fully saturated rings. The summed E-state index contributed by atoms with van der Waals surface area (Å²) in [5.74, 6) is 0.891. The molecule has 2 aliphatic rings. The van der Waals surface area contributed by atoms with Gasteiger partial charge in [-0.1, -0.05) is 19.8 Å². The zero-order valence-electron chi connectivity index (χ0n) is 15.9. The summed E-state index contributed by atoms with van der Waals surface area (Å²) < 4.78 is 0. The molecule has 26 heavy (non-hydrogen) atoms. The summed E-state index contributed by atoms with van der Waals surface area (Å²) in [4.78, 5) is 29.0. The quantitative estimate of drug-likeness (QED) is 0.899. The van der Waals surface area contributed by atoms with Gasteiger partial charge >= 0.3 is 0 Å². The number of carbonyl (C=O) groups is 2. The average molecular weight is 357 g/mol. The molecule has 0 saturated carbocycles. The zero-order valence-corrected chi connectivity index (χ0v) is 15.9. The van der Waals surface area contributed by atoms with E-state index in [-0.39, 0.29) is 11.8 Å². The van der Waals surface area contributed by atoms with Crippen molar-refractivity contribution in [3.63, 3.8) is 0 Å². The topological polar surface area (TPSA) is 52.7 Å². The summed E-state index contributed by atoms with van der Waals surface area (Å²) in [6.07, 6.45) is 6.95. The van der Waals surface area contributed by atoms with Crippen molar-refractivity contribution in [2.75, 3.05) is 38.0 Å². The molecule has 142 valence electrons. The molecular weight excluding hydrogens is 326 g/mol. The third-order valence-electron chi connectivity index (χ3n) is 5.55. The first-order chi connectivity index (χ1) is 12.6. The van der Waals surface area contributed by atoms with Gasteiger partial charge in [0, 0.05) is 24.3 Å². The molecule has 5 nitrogen and oxygen atoms in total. The Bertz CT molecular complexity index is 598. The first-order valence-electron chi connectivity index (χ1n) is 10.0. The Morgan fingerprint density at radius 2 is 1.58 bits per heavy atom. The molecule has 2 saturated heterocycles. The summed E-state index contributed by atoms with van der Waals surface area (Å²) in [5, 5.41) is 2.95. The van der Waals surface area contributed by atoms with Crippen LogP contribution in [0.25, 0.3) is 0 Å². The lowest BCUT2D eigenvalue weighted by Gasteiger charge is -2.29.